The van der Waals surface area contributed by atoms with Crippen molar-refractivity contribution in [3.63, 3.8) is 0 Å². The molecule has 86 valence electrons. The summed E-state index contributed by atoms with van der Waals surface area (Å²) < 4.78 is 0. The zero-order chi connectivity index (χ0) is 11.8. The molecule has 1 N–H and O–H groups in total. The highest BCUT2D eigenvalue weighted by molar-refractivity contribution is 5.87. The normalized spacial score (nSPS) is 15.9. The molecule has 17 heavy (non-hydrogen) atoms. The van der Waals surface area contributed by atoms with E-state index in [-0.39, 0.29) is 5.91 Å². The Labute approximate surface area is 99.0 Å². The summed E-state index contributed by atoms with van der Waals surface area (Å²) >= 11 is 0. The van der Waals surface area contributed by atoms with Crippen LogP contribution in [0.3, 0.4) is 0 Å². The minimum atomic E-state index is -0.00244. The molecule has 0 aliphatic carbocycles. The van der Waals surface area contributed by atoms with Gasteiger partial charge in [-0.05, 0) is 18.2 Å². The first-order chi connectivity index (χ1) is 8.28. The molecule has 4 nitrogen and oxygen atoms in total. The Hall–Kier alpha value is -2.10. The van der Waals surface area contributed by atoms with Gasteiger partial charge >= 0.3 is 0 Å². The summed E-state index contributed by atoms with van der Waals surface area (Å²) in [5.41, 5.74) is 2.03. The lowest BCUT2D eigenvalue weighted by Gasteiger charge is -2.37. The summed E-state index contributed by atoms with van der Waals surface area (Å²) in [6.45, 7) is 4.94. The van der Waals surface area contributed by atoms with E-state index in [1.165, 1.54) is 6.08 Å². The van der Waals surface area contributed by atoms with E-state index >= 15 is 0 Å². The Kier molecular flexibility index (Phi) is 2.21. The van der Waals surface area contributed by atoms with Gasteiger partial charge in [0.05, 0.1) is 17.0 Å². The highest BCUT2D eigenvalue weighted by Gasteiger charge is 2.32. The predicted molar refractivity (Wildman–Crippen MR) is 65.6 cm³/mol. The van der Waals surface area contributed by atoms with Gasteiger partial charge in [0.2, 0.25) is 5.91 Å². The number of hydrogen-bond donors (Lipinski definition) is 1. The lowest BCUT2D eigenvalue weighted by molar-refractivity contribution is -0.130. The maximum atomic E-state index is 11.3. The second-order valence-electron chi connectivity index (χ2n) is 4.28. The van der Waals surface area contributed by atoms with Gasteiger partial charge in [-0.1, -0.05) is 18.7 Å². The molecule has 1 aromatic heterocycles. The van der Waals surface area contributed by atoms with Crippen molar-refractivity contribution in [2.45, 2.75) is 5.92 Å². The van der Waals surface area contributed by atoms with Crippen LogP contribution in [-0.2, 0) is 4.79 Å². The molecule has 1 aliphatic heterocycles. The standard InChI is InChI=1S/C13H13N3O/c1-2-12(17)16-7-9(8-16)13-14-10-5-3-4-6-11(10)15-13/h2-6,9H,1,7-8H2,(H,14,15). The average molecular weight is 227 g/mol. The van der Waals surface area contributed by atoms with E-state index in [1.807, 2.05) is 24.3 Å². The molecule has 3 rings (SSSR count). The smallest absolute Gasteiger partial charge is 0.246 e. The average Bonchev–Trinajstić information content (AvgIpc) is 2.69. The van der Waals surface area contributed by atoms with Crippen LogP contribution in [-0.4, -0.2) is 33.9 Å². The number of aromatic amines is 1. The highest BCUT2D eigenvalue weighted by Crippen LogP contribution is 2.26. The summed E-state index contributed by atoms with van der Waals surface area (Å²) in [7, 11) is 0. The van der Waals surface area contributed by atoms with E-state index in [2.05, 4.69) is 16.5 Å². The summed E-state index contributed by atoms with van der Waals surface area (Å²) in [6, 6.07) is 7.96. The quantitative estimate of drug-likeness (QED) is 0.793. The number of amides is 1. The molecule has 2 heterocycles. The summed E-state index contributed by atoms with van der Waals surface area (Å²) in [4.78, 5) is 20.9. The fourth-order valence-corrected chi connectivity index (χ4v) is 2.13. The van der Waals surface area contributed by atoms with Crippen LogP contribution < -0.4 is 0 Å². The third-order valence-corrected chi connectivity index (χ3v) is 3.16. The number of imidazole rings is 1. The molecule has 4 heteroatoms. The predicted octanol–water partition coefficient (Wildman–Crippen LogP) is 1.67. The lowest BCUT2D eigenvalue weighted by atomic mass is 9.99. The zero-order valence-electron chi connectivity index (χ0n) is 9.39. The number of likely N-dealkylation sites (tertiary alicyclic amines) is 1. The number of rotatable bonds is 2. The topological polar surface area (TPSA) is 49.0 Å². The molecule has 0 atom stereocenters. The maximum absolute atomic E-state index is 11.3. The van der Waals surface area contributed by atoms with E-state index in [4.69, 9.17) is 0 Å². The molecule has 0 unspecified atom stereocenters. The van der Waals surface area contributed by atoms with Crippen molar-refractivity contribution in [3.8, 4) is 0 Å². The molecule has 1 aromatic carbocycles. The lowest BCUT2D eigenvalue weighted by Crippen LogP contribution is -2.48. The molecular formula is C13H13N3O. The number of nitrogens with zero attached hydrogens (tertiary/aromatic N) is 2. The molecule has 1 amide bonds. The second kappa shape index (κ2) is 3.73. The van der Waals surface area contributed by atoms with E-state index < -0.39 is 0 Å². The zero-order valence-corrected chi connectivity index (χ0v) is 9.39. The Balaban J connectivity index is 1.78. The van der Waals surface area contributed by atoms with Gasteiger partial charge < -0.3 is 9.88 Å². The molecule has 2 aromatic rings. The number of H-pyrrole nitrogens is 1. The van der Waals surface area contributed by atoms with Crippen molar-refractivity contribution in [2.75, 3.05) is 13.1 Å². The molecule has 1 saturated heterocycles. The van der Waals surface area contributed by atoms with Gasteiger partial charge in [-0.2, -0.15) is 0 Å². The van der Waals surface area contributed by atoms with Crippen LogP contribution in [0.2, 0.25) is 0 Å². The van der Waals surface area contributed by atoms with Crippen molar-refractivity contribution >= 4 is 16.9 Å². The van der Waals surface area contributed by atoms with E-state index in [9.17, 15) is 4.79 Å². The van der Waals surface area contributed by atoms with Gasteiger partial charge in [-0.3, -0.25) is 4.79 Å². The van der Waals surface area contributed by atoms with E-state index in [0.717, 1.165) is 29.9 Å². The summed E-state index contributed by atoms with van der Waals surface area (Å²) in [5.74, 6) is 1.29. The van der Waals surface area contributed by atoms with Gasteiger partial charge in [0.15, 0.2) is 0 Å². The monoisotopic (exact) mass is 227 g/mol. The number of para-hydroxylation sites is 2. The fraction of sp³-hybridized carbons (Fsp3) is 0.231. The first kappa shape index (κ1) is 10.1. The van der Waals surface area contributed by atoms with Crippen molar-refractivity contribution < 1.29 is 4.79 Å². The minimum absolute atomic E-state index is 0.00244. The van der Waals surface area contributed by atoms with Crippen molar-refractivity contribution in [2.24, 2.45) is 0 Å². The summed E-state index contributed by atoms with van der Waals surface area (Å²) in [5, 5.41) is 0. The van der Waals surface area contributed by atoms with Gasteiger partial charge in [0.1, 0.15) is 5.82 Å². The summed E-state index contributed by atoms with van der Waals surface area (Å²) in [6.07, 6.45) is 1.36. The van der Waals surface area contributed by atoms with Gasteiger partial charge in [0.25, 0.3) is 0 Å². The third-order valence-electron chi connectivity index (χ3n) is 3.16. The SMILES string of the molecule is C=CC(=O)N1CC(c2nc3ccccc3[nH]2)C1. The van der Waals surface area contributed by atoms with Gasteiger partial charge in [0, 0.05) is 13.1 Å². The molecule has 0 bridgehead atoms. The van der Waals surface area contributed by atoms with E-state index in [0.29, 0.717) is 5.92 Å². The number of carbonyl (C=O) groups is 1. The highest BCUT2D eigenvalue weighted by atomic mass is 16.2. The maximum Gasteiger partial charge on any atom is 0.246 e. The Morgan fingerprint density at radius 2 is 2.24 bits per heavy atom. The van der Waals surface area contributed by atoms with Crippen molar-refractivity contribution in [1.82, 2.24) is 14.9 Å². The third kappa shape index (κ3) is 1.62. The molecular weight excluding hydrogens is 214 g/mol. The Bertz CT molecular complexity index is 548. The van der Waals surface area contributed by atoms with Crippen molar-refractivity contribution in [1.29, 1.82) is 0 Å². The largest absolute Gasteiger partial charge is 0.342 e. The van der Waals surface area contributed by atoms with Crippen LogP contribution in [0.4, 0.5) is 0 Å². The van der Waals surface area contributed by atoms with Crippen LogP contribution in [0.25, 0.3) is 11.0 Å². The molecule has 0 radical (unpaired) electrons. The first-order valence-corrected chi connectivity index (χ1v) is 5.64. The van der Waals surface area contributed by atoms with E-state index in [1.54, 1.807) is 4.90 Å². The Morgan fingerprint density at radius 1 is 1.47 bits per heavy atom. The number of benzene rings is 1. The van der Waals surface area contributed by atoms with Crippen LogP contribution in [0.1, 0.15) is 11.7 Å². The molecule has 1 aliphatic rings. The fourth-order valence-electron chi connectivity index (χ4n) is 2.13. The Morgan fingerprint density at radius 3 is 2.94 bits per heavy atom. The number of nitrogens with one attached hydrogen (secondary N) is 1. The van der Waals surface area contributed by atoms with Crippen LogP contribution >= 0.6 is 0 Å². The van der Waals surface area contributed by atoms with Crippen LogP contribution in [0.15, 0.2) is 36.9 Å². The molecule has 1 fully saturated rings. The van der Waals surface area contributed by atoms with Crippen LogP contribution in [0, 0.1) is 0 Å². The number of fused-ring (bicyclic) bond motifs is 1. The van der Waals surface area contributed by atoms with Gasteiger partial charge in [-0.25, -0.2) is 4.98 Å². The van der Waals surface area contributed by atoms with Gasteiger partial charge in [-0.15, -0.1) is 0 Å². The molecule has 0 spiro atoms. The number of hydrogen-bond acceptors (Lipinski definition) is 2. The molecule has 0 saturated carbocycles. The number of carbonyl (C=O) groups excluding carboxylic acids is 1. The number of aromatic nitrogens is 2. The van der Waals surface area contributed by atoms with Crippen LogP contribution in [0.5, 0.6) is 0 Å². The second-order valence-corrected chi connectivity index (χ2v) is 4.28. The minimum Gasteiger partial charge on any atom is -0.342 e. The van der Waals surface area contributed by atoms with Crippen molar-refractivity contribution in [3.05, 3.63) is 42.7 Å². The first-order valence-electron chi connectivity index (χ1n) is 5.64.